The number of fused-ring (bicyclic) bond motifs is 1. The van der Waals surface area contributed by atoms with Crippen molar-refractivity contribution in [2.24, 2.45) is 21.1 Å². The number of anilines is 1. The molecule has 3 aliphatic heterocycles. The van der Waals surface area contributed by atoms with Gasteiger partial charge in [-0.05, 0) is 73.7 Å². The summed E-state index contributed by atoms with van der Waals surface area (Å²) in [7, 11) is 1.65. The fourth-order valence-corrected chi connectivity index (χ4v) is 7.27. The molecule has 1 atom stereocenters. The van der Waals surface area contributed by atoms with Crippen molar-refractivity contribution in [1.82, 2.24) is 19.8 Å². The Morgan fingerprint density at radius 3 is 2.58 bits per heavy atom. The smallest absolute Gasteiger partial charge is 0.237 e. The first-order chi connectivity index (χ1) is 24.1. The van der Waals surface area contributed by atoms with E-state index in [1.807, 2.05) is 66.4 Å². The molecule has 0 unspecified atom stereocenters. The topological polar surface area (TPSA) is 157 Å². The maximum atomic E-state index is 14.0. The number of carbonyl (C=O) groups excluding carboxylic acids is 2. The summed E-state index contributed by atoms with van der Waals surface area (Å²) in [5.41, 5.74) is 12.3. The van der Waals surface area contributed by atoms with Gasteiger partial charge in [-0.3, -0.25) is 29.8 Å². The normalized spacial score (nSPS) is 20.1. The molecule has 2 aromatic carbocycles. The standard InChI is InChI=1S/C38H41N9O3/c1-24-4-11-32(44-35(24)34(39)29-9-10-31-30(20-29)43-25(2)50-31)47-19-15-38(37(47)49)14-18-45(22-38)21-33(48)46-16-12-27(13-17-46)26-5-7-28(8-6-26)36(40)42-23-41-3/h4-12,20,23,39H,13-19,21-22H2,1-3H3,(H2,40,41,42)/t38-/m0/s1. The molecule has 0 bridgehead atoms. The fraction of sp³-hybridized carbons (Fsp3) is 0.342. The van der Waals surface area contributed by atoms with Crippen LogP contribution in [0.3, 0.4) is 0 Å². The molecule has 256 valence electrons. The number of nitrogens with one attached hydrogen (secondary N) is 1. The monoisotopic (exact) mass is 671 g/mol. The van der Waals surface area contributed by atoms with Gasteiger partial charge >= 0.3 is 0 Å². The molecule has 50 heavy (non-hydrogen) atoms. The highest BCUT2D eigenvalue weighted by atomic mass is 16.3. The number of oxazole rings is 1. The number of amides is 2. The van der Waals surface area contributed by atoms with Gasteiger partial charge in [0.1, 0.15) is 23.5 Å². The number of benzene rings is 2. The van der Waals surface area contributed by atoms with E-state index in [0.717, 1.165) is 23.1 Å². The third kappa shape index (κ3) is 6.34. The first kappa shape index (κ1) is 33.0. The van der Waals surface area contributed by atoms with Gasteiger partial charge in [0, 0.05) is 51.3 Å². The van der Waals surface area contributed by atoms with E-state index in [0.29, 0.717) is 92.0 Å². The molecule has 3 N–H and O–H groups in total. The molecule has 5 heterocycles. The fourth-order valence-electron chi connectivity index (χ4n) is 7.27. The van der Waals surface area contributed by atoms with Crippen LogP contribution in [-0.4, -0.2) is 95.8 Å². The van der Waals surface area contributed by atoms with Gasteiger partial charge in [-0.15, -0.1) is 0 Å². The molecular weight excluding hydrogens is 630 g/mol. The first-order valence-electron chi connectivity index (χ1n) is 16.9. The van der Waals surface area contributed by atoms with Crippen molar-refractivity contribution in [2.45, 2.75) is 33.1 Å². The molecule has 1 spiro atoms. The van der Waals surface area contributed by atoms with Crippen LogP contribution in [0.2, 0.25) is 0 Å². The van der Waals surface area contributed by atoms with Crippen molar-refractivity contribution >= 4 is 52.2 Å². The maximum Gasteiger partial charge on any atom is 0.237 e. The molecule has 0 saturated carbocycles. The molecule has 2 amide bonds. The minimum Gasteiger partial charge on any atom is -0.441 e. The molecule has 12 heteroatoms. The van der Waals surface area contributed by atoms with Crippen LogP contribution in [0.5, 0.6) is 0 Å². The number of aliphatic imine (C=N–C) groups is 2. The highest BCUT2D eigenvalue weighted by Crippen LogP contribution is 2.42. The molecule has 2 aromatic heterocycles. The van der Waals surface area contributed by atoms with E-state index < -0.39 is 5.41 Å². The number of nitrogens with two attached hydrogens (primary N) is 1. The second-order valence-corrected chi connectivity index (χ2v) is 13.4. The number of aryl methyl sites for hydroxylation is 2. The lowest BCUT2D eigenvalue weighted by atomic mass is 9.85. The number of nitrogens with zero attached hydrogens (tertiary/aromatic N) is 7. The Hall–Kier alpha value is -5.49. The lowest BCUT2D eigenvalue weighted by Gasteiger charge is -2.29. The molecule has 4 aromatic rings. The summed E-state index contributed by atoms with van der Waals surface area (Å²) >= 11 is 0. The Labute approximate surface area is 290 Å². The average molecular weight is 672 g/mol. The quantitative estimate of drug-likeness (QED) is 0.208. The number of carbonyl (C=O) groups is 2. The summed E-state index contributed by atoms with van der Waals surface area (Å²) in [6.07, 6.45) is 5.74. The van der Waals surface area contributed by atoms with Gasteiger partial charge in [0.15, 0.2) is 11.5 Å². The number of aromatic nitrogens is 2. The number of likely N-dealkylation sites (tertiary alicyclic amines) is 1. The summed E-state index contributed by atoms with van der Waals surface area (Å²) < 4.78 is 5.59. The van der Waals surface area contributed by atoms with Crippen LogP contribution in [-0.2, 0) is 9.59 Å². The largest absolute Gasteiger partial charge is 0.441 e. The van der Waals surface area contributed by atoms with Crippen LogP contribution in [0.4, 0.5) is 5.82 Å². The van der Waals surface area contributed by atoms with Crippen molar-refractivity contribution in [3.8, 4) is 0 Å². The van der Waals surface area contributed by atoms with Gasteiger partial charge < -0.3 is 15.1 Å². The van der Waals surface area contributed by atoms with E-state index >= 15 is 0 Å². The number of rotatable bonds is 8. The predicted octanol–water partition coefficient (Wildman–Crippen LogP) is 4.36. The van der Waals surface area contributed by atoms with E-state index in [1.165, 1.54) is 11.9 Å². The second-order valence-electron chi connectivity index (χ2n) is 13.4. The summed E-state index contributed by atoms with van der Waals surface area (Å²) in [5.74, 6) is 1.67. The summed E-state index contributed by atoms with van der Waals surface area (Å²) in [6, 6.07) is 17.2. The van der Waals surface area contributed by atoms with Crippen LogP contribution < -0.4 is 10.6 Å². The third-order valence-corrected chi connectivity index (χ3v) is 10.1. The van der Waals surface area contributed by atoms with Crippen molar-refractivity contribution in [1.29, 1.82) is 5.41 Å². The molecule has 7 rings (SSSR count). The van der Waals surface area contributed by atoms with Gasteiger partial charge in [0.2, 0.25) is 11.8 Å². The van der Waals surface area contributed by atoms with Gasteiger partial charge in [0.05, 0.1) is 23.4 Å². The Morgan fingerprint density at radius 2 is 1.82 bits per heavy atom. The van der Waals surface area contributed by atoms with Crippen LogP contribution in [0.1, 0.15) is 53.1 Å². The number of amidine groups is 1. The van der Waals surface area contributed by atoms with Gasteiger partial charge in [0.25, 0.3) is 0 Å². The Balaban J connectivity index is 0.967. The van der Waals surface area contributed by atoms with Crippen molar-refractivity contribution in [3.05, 3.63) is 94.5 Å². The second kappa shape index (κ2) is 13.4. The molecule has 2 fully saturated rings. The van der Waals surface area contributed by atoms with E-state index in [9.17, 15) is 9.59 Å². The van der Waals surface area contributed by atoms with Crippen molar-refractivity contribution in [3.63, 3.8) is 0 Å². The van der Waals surface area contributed by atoms with Gasteiger partial charge in [-0.2, -0.15) is 0 Å². The minimum absolute atomic E-state index is 0.0452. The predicted molar refractivity (Wildman–Crippen MR) is 195 cm³/mol. The van der Waals surface area contributed by atoms with Crippen molar-refractivity contribution < 1.29 is 14.0 Å². The van der Waals surface area contributed by atoms with Crippen LogP contribution in [0, 0.1) is 24.7 Å². The molecule has 2 saturated heterocycles. The van der Waals surface area contributed by atoms with Crippen LogP contribution in [0.15, 0.2) is 75.1 Å². The van der Waals surface area contributed by atoms with Gasteiger partial charge in [-0.25, -0.2) is 15.0 Å². The number of hydrogen-bond acceptors (Lipinski definition) is 8. The molecule has 0 aliphatic carbocycles. The molecular formula is C38H41N9O3. The van der Waals surface area contributed by atoms with Crippen molar-refractivity contribution in [2.75, 3.05) is 51.2 Å². The molecule has 12 nitrogen and oxygen atoms in total. The summed E-state index contributed by atoms with van der Waals surface area (Å²) in [6.45, 7) is 7.03. The lowest BCUT2D eigenvalue weighted by Crippen LogP contribution is -2.43. The first-order valence-corrected chi connectivity index (χ1v) is 16.9. The average Bonchev–Trinajstić information content (AvgIpc) is 3.82. The Bertz CT molecular complexity index is 2080. The van der Waals surface area contributed by atoms with E-state index in [2.05, 4.69) is 25.9 Å². The third-order valence-electron chi connectivity index (χ3n) is 10.1. The number of pyridine rings is 1. The van der Waals surface area contributed by atoms with E-state index in [-0.39, 0.29) is 17.5 Å². The summed E-state index contributed by atoms with van der Waals surface area (Å²) in [4.78, 5) is 50.3. The van der Waals surface area contributed by atoms with Crippen LogP contribution >= 0.6 is 0 Å². The lowest BCUT2D eigenvalue weighted by molar-refractivity contribution is -0.132. The molecule has 3 aliphatic rings. The molecule has 0 radical (unpaired) electrons. The van der Waals surface area contributed by atoms with E-state index in [4.69, 9.17) is 20.5 Å². The number of hydrogen-bond donors (Lipinski definition) is 2. The highest BCUT2D eigenvalue weighted by Gasteiger charge is 2.51. The zero-order valence-corrected chi connectivity index (χ0v) is 28.6. The Morgan fingerprint density at radius 1 is 1.04 bits per heavy atom. The SMILES string of the molecule is CN=CN=C(N)c1ccc(C2=CCN(C(=O)CN3CC[C@]4(CCN(c5ccc(C)c(C(=N)c6ccc7oc(C)nc7c6)n5)C4=O)C3)CC2)cc1. The summed E-state index contributed by atoms with van der Waals surface area (Å²) in [5, 5.41) is 8.96. The van der Waals surface area contributed by atoms with Crippen LogP contribution in [0.25, 0.3) is 16.7 Å². The minimum atomic E-state index is -0.533. The zero-order valence-electron chi connectivity index (χ0n) is 28.6. The maximum absolute atomic E-state index is 14.0. The zero-order chi connectivity index (χ0) is 35.0. The van der Waals surface area contributed by atoms with E-state index in [1.54, 1.807) is 18.9 Å². The highest BCUT2D eigenvalue weighted by molar-refractivity contribution is 6.12. The van der Waals surface area contributed by atoms with Gasteiger partial charge in [-0.1, -0.05) is 36.4 Å². The Kier molecular flexibility index (Phi) is 8.87.